The van der Waals surface area contributed by atoms with Crippen LogP contribution in [0.4, 0.5) is 0 Å². The van der Waals surface area contributed by atoms with Crippen molar-refractivity contribution in [1.82, 2.24) is 5.32 Å². The molecule has 0 aromatic carbocycles. The highest BCUT2D eigenvalue weighted by Crippen LogP contribution is 2.08. The largest absolute Gasteiger partial charge is 0.480 e. The van der Waals surface area contributed by atoms with E-state index in [1.807, 2.05) is 13.2 Å². The lowest BCUT2D eigenvalue weighted by atomic mass is 10.3. The maximum atomic E-state index is 11.1. The average molecular weight is 205 g/mol. The van der Waals surface area contributed by atoms with Crippen LogP contribution in [0.2, 0.25) is 0 Å². The van der Waals surface area contributed by atoms with E-state index < -0.39 is 12.0 Å². The molecule has 0 saturated heterocycles. The number of aliphatic carboxylic acids is 1. The van der Waals surface area contributed by atoms with Gasteiger partial charge in [0.25, 0.3) is 0 Å². The van der Waals surface area contributed by atoms with Crippen LogP contribution in [0.1, 0.15) is 20.3 Å². The van der Waals surface area contributed by atoms with Gasteiger partial charge in [0.15, 0.2) is 0 Å². The summed E-state index contributed by atoms with van der Waals surface area (Å²) in [6.45, 7) is 3.37. The van der Waals surface area contributed by atoms with Gasteiger partial charge in [-0.3, -0.25) is 9.59 Å². The SMILES string of the molecule is CSC(C)CC(=O)N[C@H](C)C(=O)O. The minimum absolute atomic E-state index is 0.211. The second-order valence-electron chi connectivity index (χ2n) is 2.88. The summed E-state index contributed by atoms with van der Waals surface area (Å²) < 4.78 is 0. The van der Waals surface area contributed by atoms with Crippen molar-refractivity contribution in [2.75, 3.05) is 6.26 Å². The fraction of sp³-hybridized carbons (Fsp3) is 0.750. The van der Waals surface area contributed by atoms with Gasteiger partial charge in [-0.1, -0.05) is 6.92 Å². The number of hydrogen-bond donors (Lipinski definition) is 2. The molecule has 0 spiro atoms. The Hall–Kier alpha value is -0.710. The molecule has 0 aliphatic heterocycles. The Morgan fingerprint density at radius 2 is 2.00 bits per heavy atom. The van der Waals surface area contributed by atoms with E-state index in [1.165, 1.54) is 6.92 Å². The predicted octanol–water partition coefficient (Wildman–Crippen LogP) is 0.717. The van der Waals surface area contributed by atoms with Gasteiger partial charge < -0.3 is 10.4 Å². The topological polar surface area (TPSA) is 66.4 Å². The highest BCUT2D eigenvalue weighted by atomic mass is 32.2. The van der Waals surface area contributed by atoms with Crippen LogP contribution in [0.3, 0.4) is 0 Å². The van der Waals surface area contributed by atoms with Crippen molar-refractivity contribution in [3.63, 3.8) is 0 Å². The van der Waals surface area contributed by atoms with Gasteiger partial charge in [0.2, 0.25) is 5.91 Å². The van der Waals surface area contributed by atoms with E-state index in [-0.39, 0.29) is 11.2 Å². The number of amides is 1. The molecular weight excluding hydrogens is 190 g/mol. The van der Waals surface area contributed by atoms with E-state index in [2.05, 4.69) is 5.32 Å². The van der Waals surface area contributed by atoms with Crippen molar-refractivity contribution < 1.29 is 14.7 Å². The predicted molar refractivity (Wildman–Crippen MR) is 52.8 cm³/mol. The summed E-state index contributed by atoms with van der Waals surface area (Å²) in [6, 6.07) is -0.804. The maximum Gasteiger partial charge on any atom is 0.325 e. The van der Waals surface area contributed by atoms with Crippen molar-refractivity contribution >= 4 is 23.6 Å². The monoisotopic (exact) mass is 205 g/mol. The lowest BCUT2D eigenvalue weighted by Gasteiger charge is -2.11. The molecule has 2 N–H and O–H groups in total. The Morgan fingerprint density at radius 1 is 1.46 bits per heavy atom. The molecule has 0 bridgehead atoms. The van der Waals surface area contributed by atoms with E-state index in [0.717, 1.165) is 0 Å². The lowest BCUT2D eigenvalue weighted by molar-refractivity contribution is -0.141. The molecule has 0 rings (SSSR count). The van der Waals surface area contributed by atoms with E-state index >= 15 is 0 Å². The first-order valence-electron chi connectivity index (χ1n) is 4.02. The zero-order valence-electron chi connectivity index (χ0n) is 8.03. The number of rotatable bonds is 5. The van der Waals surface area contributed by atoms with Crippen LogP contribution in [0.15, 0.2) is 0 Å². The molecule has 13 heavy (non-hydrogen) atoms. The fourth-order valence-corrected chi connectivity index (χ4v) is 1.02. The molecule has 1 unspecified atom stereocenters. The Kier molecular flexibility index (Phi) is 5.53. The van der Waals surface area contributed by atoms with Gasteiger partial charge >= 0.3 is 5.97 Å². The van der Waals surface area contributed by atoms with Gasteiger partial charge in [-0.25, -0.2) is 0 Å². The second-order valence-corrected chi connectivity index (χ2v) is 4.15. The van der Waals surface area contributed by atoms with E-state index in [0.29, 0.717) is 6.42 Å². The van der Waals surface area contributed by atoms with Crippen LogP contribution < -0.4 is 5.32 Å². The van der Waals surface area contributed by atoms with Crippen LogP contribution >= 0.6 is 11.8 Å². The molecule has 0 aliphatic rings. The molecule has 2 atom stereocenters. The normalized spacial score (nSPS) is 14.7. The number of carbonyl (C=O) groups excluding carboxylic acids is 1. The van der Waals surface area contributed by atoms with Crippen molar-refractivity contribution in [1.29, 1.82) is 0 Å². The number of carboxylic acids is 1. The first-order valence-corrected chi connectivity index (χ1v) is 5.31. The number of carboxylic acid groups (broad SMARTS) is 1. The quantitative estimate of drug-likeness (QED) is 0.694. The van der Waals surface area contributed by atoms with E-state index in [1.54, 1.807) is 11.8 Å². The van der Waals surface area contributed by atoms with Gasteiger partial charge in [0, 0.05) is 11.7 Å². The Labute approximate surface area is 82.1 Å². The zero-order valence-corrected chi connectivity index (χ0v) is 8.85. The number of thioether (sulfide) groups is 1. The molecule has 0 aliphatic carbocycles. The summed E-state index contributed by atoms with van der Waals surface area (Å²) in [7, 11) is 0. The van der Waals surface area contributed by atoms with Gasteiger partial charge in [-0.15, -0.1) is 0 Å². The van der Waals surface area contributed by atoms with Gasteiger partial charge in [-0.05, 0) is 13.2 Å². The molecule has 5 heteroatoms. The Morgan fingerprint density at radius 3 is 2.38 bits per heavy atom. The van der Waals surface area contributed by atoms with Gasteiger partial charge in [0.05, 0.1) is 0 Å². The van der Waals surface area contributed by atoms with Crippen LogP contribution in [0.25, 0.3) is 0 Å². The third kappa shape index (κ3) is 5.52. The minimum Gasteiger partial charge on any atom is -0.480 e. The molecule has 0 heterocycles. The fourth-order valence-electron chi connectivity index (χ4n) is 0.707. The Bertz CT molecular complexity index is 196. The number of carbonyl (C=O) groups is 2. The summed E-state index contributed by atoms with van der Waals surface area (Å²) in [5.74, 6) is -1.22. The molecule has 4 nitrogen and oxygen atoms in total. The molecule has 0 aromatic heterocycles. The van der Waals surface area contributed by atoms with Crippen molar-refractivity contribution in [2.45, 2.75) is 31.6 Å². The van der Waals surface area contributed by atoms with E-state index in [4.69, 9.17) is 5.11 Å². The van der Waals surface area contributed by atoms with E-state index in [9.17, 15) is 9.59 Å². The van der Waals surface area contributed by atoms with Crippen LogP contribution in [-0.4, -0.2) is 34.5 Å². The summed E-state index contributed by atoms with van der Waals surface area (Å²) in [6.07, 6.45) is 2.28. The third-order valence-electron chi connectivity index (χ3n) is 1.62. The average Bonchev–Trinajstić information content (AvgIpc) is 2.03. The minimum atomic E-state index is -1.01. The molecule has 0 fully saturated rings. The molecular formula is C8H15NO3S. The summed E-state index contributed by atoms with van der Waals surface area (Å²) in [4.78, 5) is 21.5. The first-order chi connectivity index (χ1) is 5.97. The Balaban J connectivity index is 3.81. The second kappa shape index (κ2) is 5.85. The highest BCUT2D eigenvalue weighted by Gasteiger charge is 2.15. The van der Waals surface area contributed by atoms with Gasteiger partial charge in [0.1, 0.15) is 6.04 Å². The van der Waals surface area contributed by atoms with Crippen LogP contribution in [0.5, 0.6) is 0 Å². The van der Waals surface area contributed by atoms with Crippen LogP contribution in [0, 0.1) is 0 Å². The lowest BCUT2D eigenvalue weighted by Crippen LogP contribution is -2.39. The highest BCUT2D eigenvalue weighted by molar-refractivity contribution is 7.99. The van der Waals surface area contributed by atoms with Crippen molar-refractivity contribution in [2.24, 2.45) is 0 Å². The van der Waals surface area contributed by atoms with Crippen molar-refractivity contribution in [3.8, 4) is 0 Å². The van der Waals surface area contributed by atoms with Crippen LogP contribution in [-0.2, 0) is 9.59 Å². The van der Waals surface area contributed by atoms with Gasteiger partial charge in [-0.2, -0.15) is 11.8 Å². The molecule has 0 aromatic rings. The molecule has 0 saturated carbocycles. The summed E-state index contributed by atoms with van der Waals surface area (Å²) in [5.41, 5.74) is 0. The molecule has 1 amide bonds. The number of nitrogens with one attached hydrogen (secondary N) is 1. The van der Waals surface area contributed by atoms with Crippen molar-refractivity contribution in [3.05, 3.63) is 0 Å². The summed E-state index contributed by atoms with van der Waals surface area (Å²) >= 11 is 1.58. The maximum absolute atomic E-state index is 11.1. The molecule has 0 radical (unpaired) electrons. The number of hydrogen-bond acceptors (Lipinski definition) is 3. The summed E-state index contributed by atoms with van der Waals surface area (Å²) in [5, 5.41) is 11.1. The zero-order chi connectivity index (χ0) is 10.4. The standard InChI is InChI=1S/C8H15NO3S/c1-5(13-3)4-7(10)9-6(2)8(11)12/h5-6H,4H2,1-3H3,(H,9,10)(H,11,12)/t5?,6-/m1/s1. The smallest absolute Gasteiger partial charge is 0.325 e. The first kappa shape index (κ1) is 12.3. The molecule has 76 valence electrons. The third-order valence-corrected chi connectivity index (χ3v) is 2.59.